The largest absolute Gasteiger partial charge is 0.378 e. The molecule has 116 valence electrons. The van der Waals surface area contributed by atoms with Gasteiger partial charge in [0.1, 0.15) is 0 Å². The number of carbonyl (C=O) groups excluding carboxylic acids is 1. The summed E-state index contributed by atoms with van der Waals surface area (Å²) in [5, 5.41) is 3.18. The van der Waals surface area contributed by atoms with Crippen molar-refractivity contribution in [3.8, 4) is 0 Å². The van der Waals surface area contributed by atoms with E-state index in [9.17, 15) is 4.79 Å². The lowest BCUT2D eigenvalue weighted by molar-refractivity contribution is -0.122. The van der Waals surface area contributed by atoms with Gasteiger partial charge in [0, 0.05) is 13.0 Å². The van der Waals surface area contributed by atoms with Crippen LogP contribution in [-0.2, 0) is 9.53 Å². The summed E-state index contributed by atoms with van der Waals surface area (Å²) in [7, 11) is 0. The number of nitrogens with one attached hydrogen (secondary N) is 1. The van der Waals surface area contributed by atoms with Gasteiger partial charge in [-0.3, -0.25) is 4.79 Å². The van der Waals surface area contributed by atoms with Crippen molar-refractivity contribution in [3.05, 3.63) is 35.9 Å². The Bertz CT molecular complexity index is 412. The highest BCUT2D eigenvalue weighted by atomic mass is 16.5. The normalized spacial score (nSPS) is 20.0. The van der Waals surface area contributed by atoms with Crippen LogP contribution in [-0.4, -0.2) is 18.6 Å². The predicted octanol–water partition coefficient (Wildman–Crippen LogP) is 3.99. The molecule has 3 nitrogen and oxygen atoms in total. The minimum atomic E-state index is 0.135. The van der Waals surface area contributed by atoms with E-state index in [0.29, 0.717) is 6.42 Å². The first-order valence-electron chi connectivity index (χ1n) is 8.25. The van der Waals surface area contributed by atoms with Crippen molar-refractivity contribution in [1.82, 2.24) is 5.32 Å². The zero-order chi connectivity index (χ0) is 14.9. The summed E-state index contributed by atoms with van der Waals surface area (Å²) < 4.78 is 5.69. The van der Waals surface area contributed by atoms with Crippen LogP contribution >= 0.6 is 0 Å². The maximum absolute atomic E-state index is 12.2. The molecule has 1 aromatic carbocycles. The summed E-state index contributed by atoms with van der Waals surface area (Å²) in [5.41, 5.74) is 1.20. The first-order valence-corrected chi connectivity index (χ1v) is 8.25. The molecule has 21 heavy (non-hydrogen) atoms. The van der Waals surface area contributed by atoms with Crippen LogP contribution in [0.1, 0.15) is 63.5 Å². The third-order valence-corrected chi connectivity index (χ3v) is 4.08. The van der Waals surface area contributed by atoms with Gasteiger partial charge >= 0.3 is 0 Å². The molecule has 1 aromatic rings. The second kappa shape index (κ2) is 8.83. The molecule has 2 atom stereocenters. The molecule has 1 saturated heterocycles. The Labute approximate surface area is 128 Å². The number of hydrogen-bond donors (Lipinski definition) is 1. The Morgan fingerprint density at radius 3 is 2.81 bits per heavy atom. The van der Waals surface area contributed by atoms with Crippen molar-refractivity contribution in [1.29, 1.82) is 0 Å². The molecule has 0 spiro atoms. The van der Waals surface area contributed by atoms with E-state index in [0.717, 1.165) is 38.7 Å². The number of benzene rings is 1. The van der Waals surface area contributed by atoms with Gasteiger partial charge in [0.05, 0.1) is 12.1 Å². The molecule has 1 fully saturated rings. The van der Waals surface area contributed by atoms with Crippen LogP contribution in [0.3, 0.4) is 0 Å². The Morgan fingerprint density at radius 2 is 2.14 bits per heavy atom. The van der Waals surface area contributed by atoms with Crippen LogP contribution in [0.5, 0.6) is 0 Å². The van der Waals surface area contributed by atoms with Crippen molar-refractivity contribution in [3.63, 3.8) is 0 Å². The van der Waals surface area contributed by atoms with E-state index >= 15 is 0 Å². The molecule has 1 aliphatic heterocycles. The Morgan fingerprint density at radius 1 is 1.33 bits per heavy atom. The van der Waals surface area contributed by atoms with Crippen molar-refractivity contribution in [2.75, 3.05) is 6.61 Å². The van der Waals surface area contributed by atoms with Gasteiger partial charge < -0.3 is 10.1 Å². The van der Waals surface area contributed by atoms with E-state index in [2.05, 4.69) is 24.4 Å². The molecular formula is C18H27NO2. The van der Waals surface area contributed by atoms with Crippen LogP contribution in [0.15, 0.2) is 30.3 Å². The minimum Gasteiger partial charge on any atom is -0.378 e. The van der Waals surface area contributed by atoms with Gasteiger partial charge in [0.15, 0.2) is 0 Å². The fourth-order valence-corrected chi connectivity index (χ4v) is 2.89. The van der Waals surface area contributed by atoms with Crippen LogP contribution in [0.25, 0.3) is 0 Å². The molecule has 0 saturated carbocycles. The van der Waals surface area contributed by atoms with E-state index in [1.807, 2.05) is 18.2 Å². The number of rotatable bonds is 7. The lowest BCUT2D eigenvalue weighted by Gasteiger charge is -2.23. The Kier molecular flexibility index (Phi) is 6.74. The molecule has 2 unspecified atom stereocenters. The van der Waals surface area contributed by atoms with Crippen LogP contribution in [0, 0.1) is 0 Å². The monoisotopic (exact) mass is 289 g/mol. The minimum absolute atomic E-state index is 0.135. The molecule has 0 aromatic heterocycles. The standard InChI is InChI=1S/C18H27NO2/c1-2-8-17(15-9-4-3-5-10-15)19-18(20)13-12-16-11-6-7-14-21-16/h3-5,9-10,16-17H,2,6-8,11-14H2,1H3,(H,19,20). The number of hydrogen-bond acceptors (Lipinski definition) is 2. The highest BCUT2D eigenvalue weighted by Crippen LogP contribution is 2.20. The van der Waals surface area contributed by atoms with Crippen LogP contribution in [0.2, 0.25) is 0 Å². The second-order valence-corrected chi connectivity index (χ2v) is 5.85. The van der Waals surface area contributed by atoms with Gasteiger partial charge in [-0.25, -0.2) is 0 Å². The predicted molar refractivity (Wildman–Crippen MR) is 85.1 cm³/mol. The average molecular weight is 289 g/mol. The van der Waals surface area contributed by atoms with E-state index in [1.165, 1.54) is 12.0 Å². The maximum Gasteiger partial charge on any atom is 0.220 e. The van der Waals surface area contributed by atoms with E-state index in [1.54, 1.807) is 0 Å². The highest BCUT2D eigenvalue weighted by molar-refractivity contribution is 5.76. The third kappa shape index (κ3) is 5.50. The van der Waals surface area contributed by atoms with Gasteiger partial charge in [-0.05, 0) is 37.7 Å². The van der Waals surface area contributed by atoms with Gasteiger partial charge in [0.25, 0.3) is 0 Å². The molecule has 0 aliphatic carbocycles. The topological polar surface area (TPSA) is 38.3 Å². The smallest absolute Gasteiger partial charge is 0.220 e. The summed E-state index contributed by atoms with van der Waals surface area (Å²) in [6, 6.07) is 10.4. The van der Waals surface area contributed by atoms with Gasteiger partial charge in [-0.1, -0.05) is 43.7 Å². The Hall–Kier alpha value is -1.35. The maximum atomic E-state index is 12.2. The average Bonchev–Trinajstić information content (AvgIpc) is 2.54. The lowest BCUT2D eigenvalue weighted by Crippen LogP contribution is -2.30. The third-order valence-electron chi connectivity index (χ3n) is 4.08. The fraction of sp³-hybridized carbons (Fsp3) is 0.611. The van der Waals surface area contributed by atoms with E-state index in [4.69, 9.17) is 4.74 Å². The van der Waals surface area contributed by atoms with Gasteiger partial charge in [-0.15, -0.1) is 0 Å². The first-order chi connectivity index (χ1) is 10.3. The second-order valence-electron chi connectivity index (χ2n) is 5.85. The summed E-state index contributed by atoms with van der Waals surface area (Å²) in [5.74, 6) is 0.145. The zero-order valence-electron chi connectivity index (χ0n) is 13.0. The number of amides is 1. The summed E-state index contributed by atoms with van der Waals surface area (Å²) in [4.78, 5) is 12.2. The van der Waals surface area contributed by atoms with Gasteiger partial charge in [-0.2, -0.15) is 0 Å². The molecular weight excluding hydrogens is 262 g/mol. The molecule has 0 radical (unpaired) electrons. The first kappa shape index (κ1) is 16.0. The molecule has 1 N–H and O–H groups in total. The highest BCUT2D eigenvalue weighted by Gasteiger charge is 2.17. The SMILES string of the molecule is CCCC(NC(=O)CCC1CCCCO1)c1ccccc1. The van der Waals surface area contributed by atoms with Crippen molar-refractivity contribution in [2.24, 2.45) is 0 Å². The Balaban J connectivity index is 1.80. The van der Waals surface area contributed by atoms with Crippen molar-refractivity contribution in [2.45, 2.75) is 64.0 Å². The summed E-state index contributed by atoms with van der Waals surface area (Å²) >= 11 is 0. The lowest BCUT2D eigenvalue weighted by atomic mass is 10.0. The van der Waals surface area contributed by atoms with Crippen LogP contribution < -0.4 is 5.32 Å². The van der Waals surface area contributed by atoms with Crippen molar-refractivity contribution >= 4 is 5.91 Å². The van der Waals surface area contributed by atoms with Crippen molar-refractivity contribution < 1.29 is 9.53 Å². The molecule has 2 rings (SSSR count). The van der Waals surface area contributed by atoms with Gasteiger partial charge in [0.2, 0.25) is 5.91 Å². The zero-order valence-corrected chi connectivity index (χ0v) is 13.0. The summed E-state index contributed by atoms with van der Waals surface area (Å²) in [6.07, 6.45) is 7.23. The van der Waals surface area contributed by atoms with Crippen LogP contribution in [0.4, 0.5) is 0 Å². The molecule has 1 aliphatic rings. The fourth-order valence-electron chi connectivity index (χ4n) is 2.89. The van der Waals surface area contributed by atoms with E-state index in [-0.39, 0.29) is 18.1 Å². The molecule has 0 bridgehead atoms. The molecule has 1 heterocycles. The quantitative estimate of drug-likeness (QED) is 0.824. The summed E-state index contributed by atoms with van der Waals surface area (Å²) in [6.45, 7) is 3.01. The molecule has 1 amide bonds. The van der Waals surface area contributed by atoms with E-state index < -0.39 is 0 Å². The molecule has 3 heteroatoms. The number of ether oxygens (including phenoxy) is 1. The number of carbonyl (C=O) groups is 1.